The molecule has 0 amide bonds. The van der Waals surface area contributed by atoms with E-state index in [4.69, 9.17) is 11.6 Å². The van der Waals surface area contributed by atoms with Crippen LogP contribution in [0, 0.1) is 10.8 Å². The fourth-order valence-electron chi connectivity index (χ4n) is 2.22. The number of allylic oxidation sites excluding steroid dienone is 5. The number of hydrogen-bond donors (Lipinski definition) is 0. The van der Waals surface area contributed by atoms with E-state index >= 15 is 0 Å². The van der Waals surface area contributed by atoms with Gasteiger partial charge in [0, 0.05) is 16.2 Å². The van der Waals surface area contributed by atoms with Gasteiger partial charge in [-0.3, -0.25) is 4.79 Å². The summed E-state index contributed by atoms with van der Waals surface area (Å²) in [5, 5.41) is 0.794. The van der Waals surface area contributed by atoms with Gasteiger partial charge in [0.15, 0.2) is 5.78 Å². The van der Waals surface area contributed by atoms with Crippen molar-refractivity contribution in [1.82, 2.24) is 0 Å². The molecule has 0 bridgehead atoms. The number of hydrogen-bond acceptors (Lipinski definition) is 1. The van der Waals surface area contributed by atoms with Crippen LogP contribution < -0.4 is 0 Å². The first-order chi connectivity index (χ1) is 10.4. The van der Waals surface area contributed by atoms with Crippen LogP contribution in [0.25, 0.3) is 0 Å². The third-order valence-electron chi connectivity index (χ3n) is 3.50. The van der Waals surface area contributed by atoms with Crippen LogP contribution in [0.5, 0.6) is 0 Å². The van der Waals surface area contributed by atoms with Gasteiger partial charge in [0.2, 0.25) is 0 Å². The minimum absolute atomic E-state index is 0.120. The topological polar surface area (TPSA) is 17.1 Å². The van der Waals surface area contributed by atoms with E-state index in [2.05, 4.69) is 48.1 Å². The molecular formula is C21H27ClO. The molecule has 124 valence electrons. The average Bonchev–Trinajstić information content (AvgIpc) is 2.40. The predicted molar refractivity (Wildman–Crippen MR) is 101 cm³/mol. The second-order valence-corrected chi connectivity index (χ2v) is 8.25. The predicted octanol–water partition coefficient (Wildman–Crippen LogP) is 6.41. The molecule has 2 heteroatoms. The van der Waals surface area contributed by atoms with Gasteiger partial charge in [-0.05, 0) is 40.7 Å². The van der Waals surface area contributed by atoms with E-state index in [-0.39, 0.29) is 16.6 Å². The number of ketones is 1. The Hall–Kier alpha value is -1.60. The van der Waals surface area contributed by atoms with Crippen LogP contribution in [0.15, 0.2) is 65.8 Å². The summed E-state index contributed by atoms with van der Waals surface area (Å²) in [6.07, 6.45) is 3.83. The Morgan fingerprint density at radius 3 is 1.48 bits per heavy atom. The van der Waals surface area contributed by atoms with Crippen molar-refractivity contribution in [1.29, 1.82) is 0 Å². The highest BCUT2D eigenvalue weighted by atomic mass is 35.5. The first kappa shape index (κ1) is 19.4. The van der Waals surface area contributed by atoms with Crippen molar-refractivity contribution in [3.8, 4) is 0 Å². The molecule has 0 spiro atoms. The number of benzene rings is 1. The summed E-state index contributed by atoms with van der Waals surface area (Å²) in [5.74, 6) is 0.174. The molecule has 0 aliphatic heterocycles. The lowest BCUT2D eigenvalue weighted by Crippen LogP contribution is -2.27. The van der Waals surface area contributed by atoms with Crippen LogP contribution in [-0.2, 0) is 4.79 Å². The molecule has 1 aliphatic carbocycles. The Bertz CT molecular complexity index is 599. The fraction of sp³-hybridized carbons (Fsp3) is 0.381. The van der Waals surface area contributed by atoms with Gasteiger partial charge in [0.1, 0.15) is 0 Å². The zero-order valence-corrected chi connectivity index (χ0v) is 15.8. The Morgan fingerprint density at radius 1 is 0.826 bits per heavy atom. The molecule has 0 saturated carbocycles. The third kappa shape index (κ3) is 5.84. The van der Waals surface area contributed by atoms with Gasteiger partial charge in [-0.2, -0.15) is 0 Å². The molecule has 2 rings (SSSR count). The normalized spacial score (nSPS) is 15.4. The van der Waals surface area contributed by atoms with E-state index in [0.29, 0.717) is 0 Å². The molecule has 0 radical (unpaired) electrons. The molecule has 1 aromatic rings. The summed E-state index contributed by atoms with van der Waals surface area (Å²) >= 11 is 5.54. The van der Waals surface area contributed by atoms with E-state index < -0.39 is 0 Å². The molecule has 0 heterocycles. The Morgan fingerprint density at radius 2 is 1.22 bits per heavy atom. The minimum Gasteiger partial charge on any atom is -0.289 e. The van der Waals surface area contributed by atoms with Gasteiger partial charge in [0.25, 0.3) is 0 Å². The first-order valence-electron chi connectivity index (χ1n) is 7.81. The highest BCUT2D eigenvalue weighted by Gasteiger charge is 2.33. The van der Waals surface area contributed by atoms with Crippen LogP contribution in [0.3, 0.4) is 0 Å². The third-order valence-corrected chi connectivity index (χ3v) is 3.75. The van der Waals surface area contributed by atoms with E-state index in [1.165, 1.54) is 0 Å². The van der Waals surface area contributed by atoms with Crippen molar-refractivity contribution in [2.75, 3.05) is 0 Å². The largest absolute Gasteiger partial charge is 0.289 e. The van der Waals surface area contributed by atoms with E-state index in [1.54, 1.807) is 0 Å². The molecule has 1 aromatic carbocycles. The maximum Gasteiger partial charge on any atom is 0.186 e. The lowest BCUT2D eigenvalue weighted by Gasteiger charge is -2.31. The number of carbonyl (C=O) groups is 1. The number of rotatable bonds is 0. The van der Waals surface area contributed by atoms with Crippen molar-refractivity contribution in [3.63, 3.8) is 0 Å². The summed E-state index contributed by atoms with van der Waals surface area (Å²) in [6, 6.07) is 9.44. The SMILES string of the molecule is C=C1C=C(C(C)(C)C)C(=O)C(C(C)(C)C)=C1.Clc1ccccc1. The summed E-state index contributed by atoms with van der Waals surface area (Å²) in [7, 11) is 0. The first-order valence-corrected chi connectivity index (χ1v) is 8.19. The van der Waals surface area contributed by atoms with Crippen LogP contribution in [0.1, 0.15) is 41.5 Å². The molecule has 0 unspecified atom stereocenters. The molecular weight excluding hydrogens is 304 g/mol. The van der Waals surface area contributed by atoms with Gasteiger partial charge in [-0.1, -0.05) is 77.9 Å². The summed E-state index contributed by atoms with van der Waals surface area (Å²) in [4.78, 5) is 12.4. The van der Waals surface area contributed by atoms with Gasteiger partial charge < -0.3 is 0 Å². The van der Waals surface area contributed by atoms with Gasteiger partial charge >= 0.3 is 0 Å². The van der Waals surface area contributed by atoms with Crippen molar-refractivity contribution in [3.05, 3.63) is 70.8 Å². The fourth-order valence-corrected chi connectivity index (χ4v) is 2.36. The van der Waals surface area contributed by atoms with Crippen molar-refractivity contribution < 1.29 is 4.79 Å². The molecule has 1 nitrogen and oxygen atoms in total. The molecule has 23 heavy (non-hydrogen) atoms. The quantitative estimate of drug-likeness (QED) is 0.537. The highest BCUT2D eigenvalue weighted by molar-refractivity contribution is 6.30. The second-order valence-electron chi connectivity index (χ2n) is 7.82. The van der Waals surface area contributed by atoms with Crippen molar-refractivity contribution >= 4 is 17.4 Å². The average molecular weight is 331 g/mol. The molecule has 0 saturated heterocycles. The monoisotopic (exact) mass is 330 g/mol. The van der Waals surface area contributed by atoms with Crippen molar-refractivity contribution in [2.24, 2.45) is 10.8 Å². The number of carbonyl (C=O) groups excluding carboxylic acids is 1. The zero-order valence-electron chi connectivity index (χ0n) is 15.0. The number of Topliss-reactive ketones (excluding diaryl/α,β-unsaturated/α-hetero) is 1. The molecule has 1 aliphatic rings. The van der Waals surface area contributed by atoms with Crippen LogP contribution in [-0.4, -0.2) is 5.78 Å². The van der Waals surface area contributed by atoms with Gasteiger partial charge in [-0.25, -0.2) is 0 Å². The number of halogens is 1. The summed E-state index contributed by atoms with van der Waals surface area (Å²) in [6.45, 7) is 16.4. The smallest absolute Gasteiger partial charge is 0.186 e. The molecule has 0 N–H and O–H groups in total. The maximum absolute atomic E-state index is 12.4. The lowest BCUT2D eigenvalue weighted by atomic mass is 9.72. The Kier molecular flexibility index (Phi) is 6.18. The summed E-state index contributed by atoms with van der Waals surface area (Å²) in [5.41, 5.74) is 2.42. The summed E-state index contributed by atoms with van der Waals surface area (Å²) < 4.78 is 0. The molecule has 0 atom stereocenters. The van der Waals surface area contributed by atoms with Gasteiger partial charge in [0.05, 0.1) is 0 Å². The second kappa shape index (κ2) is 7.31. The Balaban J connectivity index is 0.000000313. The standard InChI is InChI=1S/C15H22O.C6H5Cl/c1-10-8-11(14(2,3)4)13(16)12(9-10)15(5,6)7;7-6-4-2-1-3-5-6/h8-9H,1H2,2-7H3;1-5H. The van der Waals surface area contributed by atoms with Crippen molar-refractivity contribution in [2.45, 2.75) is 41.5 Å². The van der Waals surface area contributed by atoms with Crippen LogP contribution in [0.4, 0.5) is 0 Å². The Labute approximate surface area is 145 Å². The lowest BCUT2D eigenvalue weighted by molar-refractivity contribution is -0.114. The maximum atomic E-state index is 12.4. The van der Waals surface area contributed by atoms with Crippen LogP contribution in [0.2, 0.25) is 5.02 Å². The molecule has 0 fully saturated rings. The van der Waals surface area contributed by atoms with Gasteiger partial charge in [-0.15, -0.1) is 0 Å². The van der Waals surface area contributed by atoms with Crippen LogP contribution >= 0.6 is 11.6 Å². The van der Waals surface area contributed by atoms with E-state index in [0.717, 1.165) is 21.7 Å². The van der Waals surface area contributed by atoms with E-state index in [9.17, 15) is 4.79 Å². The minimum atomic E-state index is -0.120. The molecule has 0 aromatic heterocycles. The highest BCUT2D eigenvalue weighted by Crippen LogP contribution is 2.38. The van der Waals surface area contributed by atoms with E-state index in [1.807, 2.05) is 42.5 Å². The zero-order chi connectivity index (χ0) is 17.8.